The molecule has 1 heterocycles. The van der Waals surface area contributed by atoms with Crippen LogP contribution in [-0.2, 0) is 6.42 Å². The molecular weight excluding hydrogens is 270 g/mol. The third kappa shape index (κ3) is 2.41. The van der Waals surface area contributed by atoms with Crippen LogP contribution in [0, 0.1) is 6.92 Å². The summed E-state index contributed by atoms with van der Waals surface area (Å²) in [6.07, 6.45) is 2.12. The van der Waals surface area contributed by atoms with Crippen LogP contribution in [0.5, 0.6) is 5.75 Å². The van der Waals surface area contributed by atoms with Crippen LogP contribution >= 0.6 is 11.6 Å². The lowest BCUT2D eigenvalue weighted by atomic mass is 9.94. The first-order valence-corrected chi connectivity index (χ1v) is 7.31. The smallest absolute Gasteiger partial charge is 0.127 e. The van der Waals surface area contributed by atoms with Crippen LogP contribution in [0.25, 0.3) is 0 Å². The van der Waals surface area contributed by atoms with Gasteiger partial charge in [0.15, 0.2) is 0 Å². The maximum absolute atomic E-state index is 6.43. The molecule has 0 bridgehead atoms. The van der Waals surface area contributed by atoms with Crippen LogP contribution in [0.2, 0.25) is 5.02 Å². The second-order valence-corrected chi connectivity index (χ2v) is 5.70. The van der Waals surface area contributed by atoms with E-state index >= 15 is 0 Å². The molecule has 0 radical (unpaired) electrons. The lowest BCUT2D eigenvalue weighted by Crippen LogP contribution is -2.17. The molecule has 3 heteroatoms. The van der Waals surface area contributed by atoms with E-state index in [-0.39, 0.29) is 6.04 Å². The number of para-hydroxylation sites is 1. The summed E-state index contributed by atoms with van der Waals surface area (Å²) in [6, 6.07) is 11.9. The third-order valence-electron chi connectivity index (χ3n) is 3.79. The molecule has 104 valence electrons. The lowest BCUT2D eigenvalue weighted by molar-refractivity contribution is 0.284. The zero-order valence-electron chi connectivity index (χ0n) is 11.5. The molecule has 1 aliphatic rings. The van der Waals surface area contributed by atoms with Gasteiger partial charge in [-0.15, -0.1) is 0 Å². The molecule has 1 atom stereocenters. The summed E-state index contributed by atoms with van der Waals surface area (Å²) in [5, 5.41) is 0.714. The van der Waals surface area contributed by atoms with Gasteiger partial charge in [-0.1, -0.05) is 41.9 Å². The maximum Gasteiger partial charge on any atom is 0.127 e. The fourth-order valence-corrected chi connectivity index (χ4v) is 3.06. The van der Waals surface area contributed by atoms with Crippen LogP contribution in [0.15, 0.2) is 36.4 Å². The van der Waals surface area contributed by atoms with E-state index in [2.05, 4.69) is 6.07 Å². The fraction of sp³-hybridized carbons (Fsp3) is 0.294. The number of halogens is 1. The van der Waals surface area contributed by atoms with Crippen molar-refractivity contribution in [3.8, 4) is 5.75 Å². The molecular formula is C17H18ClNO. The van der Waals surface area contributed by atoms with Crippen molar-refractivity contribution in [1.82, 2.24) is 0 Å². The summed E-state index contributed by atoms with van der Waals surface area (Å²) in [5.41, 5.74) is 10.8. The zero-order chi connectivity index (χ0) is 14.1. The van der Waals surface area contributed by atoms with E-state index in [1.807, 2.05) is 37.3 Å². The number of hydrogen-bond acceptors (Lipinski definition) is 2. The average molecular weight is 288 g/mol. The van der Waals surface area contributed by atoms with Gasteiger partial charge >= 0.3 is 0 Å². The van der Waals surface area contributed by atoms with Gasteiger partial charge in [-0.3, -0.25) is 0 Å². The minimum Gasteiger partial charge on any atom is -0.493 e. The number of benzene rings is 2. The summed E-state index contributed by atoms with van der Waals surface area (Å²) >= 11 is 6.34. The molecule has 1 aliphatic heterocycles. The van der Waals surface area contributed by atoms with Crippen molar-refractivity contribution >= 4 is 11.6 Å². The van der Waals surface area contributed by atoms with E-state index in [0.717, 1.165) is 41.9 Å². The Morgan fingerprint density at radius 1 is 1.20 bits per heavy atom. The van der Waals surface area contributed by atoms with Gasteiger partial charge in [0, 0.05) is 10.6 Å². The van der Waals surface area contributed by atoms with Crippen molar-refractivity contribution in [2.75, 3.05) is 6.61 Å². The first-order chi connectivity index (χ1) is 9.66. The summed E-state index contributed by atoms with van der Waals surface area (Å²) < 4.78 is 5.84. The van der Waals surface area contributed by atoms with Gasteiger partial charge in [-0.05, 0) is 42.5 Å². The minimum absolute atomic E-state index is 0.254. The first-order valence-electron chi connectivity index (χ1n) is 6.93. The number of rotatable bonds is 2. The third-order valence-corrected chi connectivity index (χ3v) is 4.12. The number of hydrogen-bond donors (Lipinski definition) is 1. The summed E-state index contributed by atoms with van der Waals surface area (Å²) in [6.45, 7) is 2.78. The average Bonchev–Trinajstić information content (AvgIpc) is 2.46. The SMILES string of the molecule is Cc1ccc(C(N)c2cccc3c2OCCC3)c(Cl)c1. The molecule has 2 N–H and O–H groups in total. The molecule has 3 rings (SSSR count). The van der Waals surface area contributed by atoms with Crippen molar-refractivity contribution in [2.45, 2.75) is 25.8 Å². The van der Waals surface area contributed by atoms with Gasteiger partial charge in [-0.2, -0.15) is 0 Å². The second-order valence-electron chi connectivity index (χ2n) is 5.29. The zero-order valence-corrected chi connectivity index (χ0v) is 12.3. The summed E-state index contributed by atoms with van der Waals surface area (Å²) in [5.74, 6) is 0.947. The molecule has 1 unspecified atom stereocenters. The molecule has 0 aliphatic carbocycles. The topological polar surface area (TPSA) is 35.2 Å². The lowest BCUT2D eigenvalue weighted by Gasteiger charge is -2.24. The summed E-state index contributed by atoms with van der Waals surface area (Å²) in [4.78, 5) is 0. The number of fused-ring (bicyclic) bond motifs is 1. The van der Waals surface area contributed by atoms with Crippen LogP contribution < -0.4 is 10.5 Å². The molecule has 0 fully saturated rings. The molecule has 2 nitrogen and oxygen atoms in total. The summed E-state index contributed by atoms with van der Waals surface area (Å²) in [7, 11) is 0. The van der Waals surface area contributed by atoms with E-state index in [9.17, 15) is 0 Å². The predicted molar refractivity (Wildman–Crippen MR) is 82.5 cm³/mol. The Bertz CT molecular complexity index is 639. The molecule has 2 aromatic carbocycles. The van der Waals surface area contributed by atoms with E-state index in [4.69, 9.17) is 22.1 Å². The van der Waals surface area contributed by atoms with Crippen molar-refractivity contribution in [3.05, 3.63) is 63.7 Å². The highest BCUT2D eigenvalue weighted by Gasteiger charge is 2.21. The van der Waals surface area contributed by atoms with E-state index in [1.54, 1.807) is 0 Å². The Balaban J connectivity index is 2.04. The first kappa shape index (κ1) is 13.5. The molecule has 0 amide bonds. The molecule has 2 aromatic rings. The number of ether oxygens (including phenoxy) is 1. The molecule has 20 heavy (non-hydrogen) atoms. The Labute approximate surface area is 124 Å². The highest BCUT2D eigenvalue weighted by atomic mass is 35.5. The molecule has 0 saturated heterocycles. The van der Waals surface area contributed by atoms with E-state index < -0.39 is 0 Å². The van der Waals surface area contributed by atoms with Gasteiger partial charge < -0.3 is 10.5 Å². The van der Waals surface area contributed by atoms with Crippen molar-refractivity contribution in [1.29, 1.82) is 0 Å². The Kier molecular flexibility index (Phi) is 3.68. The van der Waals surface area contributed by atoms with Crippen molar-refractivity contribution in [2.24, 2.45) is 5.73 Å². The van der Waals surface area contributed by atoms with E-state index in [0.29, 0.717) is 5.02 Å². The maximum atomic E-state index is 6.43. The van der Waals surface area contributed by atoms with Gasteiger partial charge in [0.1, 0.15) is 5.75 Å². The van der Waals surface area contributed by atoms with Crippen molar-refractivity contribution < 1.29 is 4.74 Å². The van der Waals surface area contributed by atoms with Gasteiger partial charge in [0.25, 0.3) is 0 Å². The highest BCUT2D eigenvalue weighted by molar-refractivity contribution is 6.31. The Morgan fingerprint density at radius 2 is 2.05 bits per heavy atom. The Hall–Kier alpha value is -1.51. The molecule has 0 saturated carbocycles. The van der Waals surface area contributed by atoms with Crippen LogP contribution in [0.3, 0.4) is 0 Å². The molecule has 0 spiro atoms. The monoisotopic (exact) mass is 287 g/mol. The van der Waals surface area contributed by atoms with Gasteiger partial charge in [-0.25, -0.2) is 0 Å². The van der Waals surface area contributed by atoms with Gasteiger partial charge in [0.05, 0.1) is 12.6 Å². The van der Waals surface area contributed by atoms with Gasteiger partial charge in [0.2, 0.25) is 0 Å². The molecule has 0 aromatic heterocycles. The van der Waals surface area contributed by atoms with Crippen LogP contribution in [0.1, 0.15) is 34.7 Å². The van der Waals surface area contributed by atoms with Crippen molar-refractivity contribution in [3.63, 3.8) is 0 Å². The second kappa shape index (κ2) is 5.47. The normalized spacial score (nSPS) is 15.3. The van der Waals surface area contributed by atoms with Crippen LogP contribution in [-0.4, -0.2) is 6.61 Å². The van der Waals surface area contributed by atoms with E-state index in [1.165, 1.54) is 5.56 Å². The quantitative estimate of drug-likeness (QED) is 0.905. The minimum atomic E-state index is -0.254. The Morgan fingerprint density at radius 3 is 2.85 bits per heavy atom. The fourth-order valence-electron chi connectivity index (χ4n) is 2.71. The standard InChI is InChI=1S/C17H18ClNO/c1-11-7-8-13(15(18)10-11)16(19)14-6-2-4-12-5-3-9-20-17(12)14/h2,4,6-8,10,16H,3,5,9,19H2,1H3. The number of nitrogens with two attached hydrogens (primary N) is 1. The predicted octanol–water partition coefficient (Wildman–Crippen LogP) is 4.02. The van der Waals surface area contributed by atoms with Crippen LogP contribution in [0.4, 0.5) is 0 Å². The highest BCUT2D eigenvalue weighted by Crippen LogP contribution is 2.36. The largest absolute Gasteiger partial charge is 0.493 e. The number of aryl methyl sites for hydroxylation is 2.